The van der Waals surface area contributed by atoms with Crippen LogP contribution in [0.5, 0.6) is 0 Å². The Bertz CT molecular complexity index is 315. The molecule has 0 amide bonds. The molecule has 2 atom stereocenters. The minimum absolute atomic E-state index is 0.0688. The standard InChI is InChI=1S/C15H25N/c1-5-14(3,12-15(4,16)6-2)13-10-8-7-9-11-13/h7-11H,5-6,12,16H2,1-4H3. The van der Waals surface area contributed by atoms with Crippen LogP contribution in [0.1, 0.15) is 52.5 Å². The number of hydrogen-bond acceptors (Lipinski definition) is 1. The van der Waals surface area contributed by atoms with Crippen molar-refractivity contribution in [2.24, 2.45) is 5.73 Å². The molecule has 0 fully saturated rings. The van der Waals surface area contributed by atoms with Crippen molar-refractivity contribution in [2.75, 3.05) is 0 Å². The van der Waals surface area contributed by atoms with Gasteiger partial charge in [-0.25, -0.2) is 0 Å². The maximum Gasteiger partial charge on any atom is 0.0131 e. The van der Waals surface area contributed by atoms with Gasteiger partial charge in [0.25, 0.3) is 0 Å². The average Bonchev–Trinajstić information content (AvgIpc) is 2.29. The van der Waals surface area contributed by atoms with Crippen LogP contribution in [0.25, 0.3) is 0 Å². The summed E-state index contributed by atoms with van der Waals surface area (Å²) in [5.74, 6) is 0. The number of hydrogen-bond donors (Lipinski definition) is 1. The highest BCUT2D eigenvalue weighted by Crippen LogP contribution is 2.35. The molecule has 1 nitrogen and oxygen atoms in total. The van der Waals surface area contributed by atoms with Gasteiger partial charge in [0, 0.05) is 5.54 Å². The lowest BCUT2D eigenvalue weighted by Crippen LogP contribution is -2.42. The van der Waals surface area contributed by atoms with Crippen molar-refractivity contribution in [3.63, 3.8) is 0 Å². The van der Waals surface area contributed by atoms with Crippen molar-refractivity contribution in [1.82, 2.24) is 0 Å². The van der Waals surface area contributed by atoms with Crippen LogP contribution in [0, 0.1) is 0 Å². The van der Waals surface area contributed by atoms with Gasteiger partial charge < -0.3 is 5.73 Å². The van der Waals surface area contributed by atoms with E-state index in [4.69, 9.17) is 5.73 Å². The summed E-state index contributed by atoms with van der Waals surface area (Å²) in [5, 5.41) is 0. The Kier molecular flexibility index (Phi) is 4.15. The summed E-state index contributed by atoms with van der Waals surface area (Å²) in [6, 6.07) is 10.7. The molecule has 0 aliphatic rings. The molecule has 16 heavy (non-hydrogen) atoms. The first kappa shape index (κ1) is 13.2. The molecule has 1 aromatic rings. The highest BCUT2D eigenvalue weighted by molar-refractivity contribution is 5.25. The van der Waals surface area contributed by atoms with E-state index in [1.54, 1.807) is 0 Å². The van der Waals surface area contributed by atoms with Gasteiger partial charge in [-0.2, -0.15) is 0 Å². The molecular formula is C15H25N. The molecule has 1 rings (SSSR count). The molecule has 0 saturated heterocycles. The third-order valence-corrected chi connectivity index (χ3v) is 3.85. The van der Waals surface area contributed by atoms with E-state index in [0.29, 0.717) is 0 Å². The van der Waals surface area contributed by atoms with Crippen molar-refractivity contribution < 1.29 is 0 Å². The second-order valence-corrected chi connectivity index (χ2v) is 5.46. The predicted molar refractivity (Wildman–Crippen MR) is 71.6 cm³/mol. The largest absolute Gasteiger partial charge is 0.325 e. The van der Waals surface area contributed by atoms with Crippen molar-refractivity contribution in [3.05, 3.63) is 35.9 Å². The molecular weight excluding hydrogens is 194 g/mol. The van der Waals surface area contributed by atoms with Crippen LogP contribution >= 0.6 is 0 Å². The van der Waals surface area contributed by atoms with E-state index in [0.717, 1.165) is 19.3 Å². The number of nitrogens with two attached hydrogens (primary N) is 1. The summed E-state index contributed by atoms with van der Waals surface area (Å²) in [7, 11) is 0. The molecule has 0 aliphatic heterocycles. The van der Waals surface area contributed by atoms with Crippen LogP contribution in [0.4, 0.5) is 0 Å². The SMILES string of the molecule is CCC(C)(N)CC(C)(CC)c1ccccc1. The van der Waals surface area contributed by atoms with Gasteiger partial charge in [-0.05, 0) is 37.2 Å². The monoisotopic (exact) mass is 219 g/mol. The molecule has 0 bridgehead atoms. The van der Waals surface area contributed by atoms with E-state index in [9.17, 15) is 0 Å². The first-order valence-electron chi connectivity index (χ1n) is 6.28. The van der Waals surface area contributed by atoms with Crippen LogP contribution in [0.15, 0.2) is 30.3 Å². The van der Waals surface area contributed by atoms with Gasteiger partial charge in [0.15, 0.2) is 0 Å². The maximum absolute atomic E-state index is 6.32. The summed E-state index contributed by atoms with van der Waals surface area (Å²) in [4.78, 5) is 0. The zero-order chi connectivity index (χ0) is 12.2. The second kappa shape index (κ2) is 5.01. The van der Waals surface area contributed by atoms with Gasteiger partial charge in [-0.1, -0.05) is 51.1 Å². The lowest BCUT2D eigenvalue weighted by molar-refractivity contribution is 0.294. The lowest BCUT2D eigenvalue weighted by atomic mass is 9.71. The summed E-state index contributed by atoms with van der Waals surface area (Å²) in [6.07, 6.45) is 3.19. The molecule has 0 aromatic heterocycles. The summed E-state index contributed by atoms with van der Waals surface area (Å²) >= 11 is 0. The van der Waals surface area contributed by atoms with Gasteiger partial charge in [0.1, 0.15) is 0 Å². The zero-order valence-corrected chi connectivity index (χ0v) is 11.1. The highest BCUT2D eigenvalue weighted by Gasteiger charge is 2.31. The average molecular weight is 219 g/mol. The molecule has 90 valence electrons. The van der Waals surface area contributed by atoms with Gasteiger partial charge in [-0.15, -0.1) is 0 Å². The molecule has 2 N–H and O–H groups in total. The quantitative estimate of drug-likeness (QED) is 0.799. The van der Waals surface area contributed by atoms with Crippen LogP contribution in [0.2, 0.25) is 0 Å². The van der Waals surface area contributed by atoms with E-state index < -0.39 is 0 Å². The molecule has 1 aromatic carbocycles. The topological polar surface area (TPSA) is 26.0 Å². The third-order valence-electron chi connectivity index (χ3n) is 3.85. The number of rotatable bonds is 5. The van der Waals surface area contributed by atoms with Crippen LogP contribution in [-0.2, 0) is 5.41 Å². The van der Waals surface area contributed by atoms with Crippen molar-refractivity contribution in [3.8, 4) is 0 Å². The fourth-order valence-electron chi connectivity index (χ4n) is 2.29. The van der Waals surface area contributed by atoms with Crippen molar-refractivity contribution >= 4 is 0 Å². The normalized spacial score (nSPS) is 18.8. The van der Waals surface area contributed by atoms with Gasteiger partial charge in [0.2, 0.25) is 0 Å². The third kappa shape index (κ3) is 3.08. The minimum atomic E-state index is -0.0688. The minimum Gasteiger partial charge on any atom is -0.325 e. The first-order chi connectivity index (χ1) is 7.43. The molecule has 0 aliphatic carbocycles. The fourth-order valence-corrected chi connectivity index (χ4v) is 2.29. The zero-order valence-electron chi connectivity index (χ0n) is 11.1. The molecule has 1 heteroatoms. The van der Waals surface area contributed by atoms with E-state index in [1.807, 2.05) is 0 Å². The van der Waals surface area contributed by atoms with Crippen LogP contribution in [-0.4, -0.2) is 5.54 Å². The molecule has 0 spiro atoms. The fraction of sp³-hybridized carbons (Fsp3) is 0.600. The second-order valence-electron chi connectivity index (χ2n) is 5.46. The Morgan fingerprint density at radius 1 is 1.00 bits per heavy atom. The summed E-state index contributed by atoms with van der Waals surface area (Å²) < 4.78 is 0. The van der Waals surface area contributed by atoms with Gasteiger partial charge >= 0.3 is 0 Å². The summed E-state index contributed by atoms with van der Waals surface area (Å²) in [6.45, 7) is 8.90. The molecule has 0 heterocycles. The molecule has 0 saturated carbocycles. The molecule has 2 unspecified atom stereocenters. The van der Waals surface area contributed by atoms with E-state index in [-0.39, 0.29) is 11.0 Å². The maximum atomic E-state index is 6.32. The number of benzene rings is 1. The highest BCUT2D eigenvalue weighted by atomic mass is 14.7. The van der Waals surface area contributed by atoms with Crippen LogP contribution in [0.3, 0.4) is 0 Å². The Hall–Kier alpha value is -0.820. The predicted octanol–water partition coefficient (Wildman–Crippen LogP) is 3.87. The van der Waals surface area contributed by atoms with Gasteiger partial charge in [0.05, 0.1) is 0 Å². The van der Waals surface area contributed by atoms with Crippen LogP contribution < -0.4 is 5.73 Å². The lowest BCUT2D eigenvalue weighted by Gasteiger charge is -2.37. The van der Waals surface area contributed by atoms with Crippen molar-refractivity contribution in [1.29, 1.82) is 0 Å². The Morgan fingerprint density at radius 2 is 1.56 bits per heavy atom. The Labute approximate surface area is 100 Å². The van der Waals surface area contributed by atoms with E-state index in [1.165, 1.54) is 5.56 Å². The van der Waals surface area contributed by atoms with E-state index >= 15 is 0 Å². The Balaban J connectivity index is 2.95. The van der Waals surface area contributed by atoms with E-state index in [2.05, 4.69) is 58.0 Å². The van der Waals surface area contributed by atoms with Gasteiger partial charge in [-0.3, -0.25) is 0 Å². The molecule has 0 radical (unpaired) electrons. The first-order valence-corrected chi connectivity index (χ1v) is 6.28. The summed E-state index contributed by atoms with van der Waals surface area (Å²) in [5.41, 5.74) is 7.85. The Morgan fingerprint density at radius 3 is 2.00 bits per heavy atom. The smallest absolute Gasteiger partial charge is 0.0131 e. The van der Waals surface area contributed by atoms with Crippen molar-refractivity contribution in [2.45, 2.75) is 57.9 Å².